The second kappa shape index (κ2) is 5.35. The van der Waals surface area contributed by atoms with Crippen molar-refractivity contribution in [1.82, 2.24) is 9.97 Å². The lowest BCUT2D eigenvalue weighted by Gasteiger charge is -2.05. The SMILES string of the molecule is Fc1ccc(CNc2ncc(I)cn2)c(F)c1. The smallest absolute Gasteiger partial charge is 0.222 e. The maximum Gasteiger partial charge on any atom is 0.222 e. The molecule has 3 nitrogen and oxygen atoms in total. The third kappa shape index (κ3) is 3.32. The highest BCUT2D eigenvalue weighted by Gasteiger charge is 2.04. The van der Waals surface area contributed by atoms with Crippen LogP contribution in [0.4, 0.5) is 14.7 Å². The van der Waals surface area contributed by atoms with Gasteiger partial charge in [0.15, 0.2) is 0 Å². The summed E-state index contributed by atoms with van der Waals surface area (Å²) in [6, 6.07) is 3.46. The highest BCUT2D eigenvalue weighted by atomic mass is 127. The van der Waals surface area contributed by atoms with Crippen LogP contribution in [0.3, 0.4) is 0 Å². The van der Waals surface area contributed by atoms with Gasteiger partial charge in [0, 0.05) is 34.1 Å². The standard InChI is InChI=1S/C11H8F2IN3/c12-8-2-1-7(10(13)3-8)4-15-11-16-5-9(14)6-17-11/h1-3,5-6H,4H2,(H,15,16,17). The van der Waals surface area contributed by atoms with E-state index < -0.39 is 11.6 Å². The van der Waals surface area contributed by atoms with Gasteiger partial charge in [0.25, 0.3) is 0 Å². The average Bonchev–Trinajstić information content (AvgIpc) is 2.30. The Morgan fingerprint density at radius 2 is 1.88 bits per heavy atom. The van der Waals surface area contributed by atoms with Crippen LogP contribution >= 0.6 is 22.6 Å². The lowest BCUT2D eigenvalue weighted by Crippen LogP contribution is -2.05. The third-order valence-corrected chi connectivity index (χ3v) is 2.63. The summed E-state index contributed by atoms with van der Waals surface area (Å²) in [6.45, 7) is 0.215. The Hall–Kier alpha value is -1.31. The van der Waals surface area contributed by atoms with E-state index in [0.717, 1.165) is 9.64 Å². The maximum atomic E-state index is 13.3. The summed E-state index contributed by atoms with van der Waals surface area (Å²) in [7, 11) is 0. The molecule has 0 aliphatic rings. The molecule has 17 heavy (non-hydrogen) atoms. The fourth-order valence-electron chi connectivity index (χ4n) is 1.24. The Labute approximate surface area is 110 Å². The molecule has 1 N–H and O–H groups in total. The molecule has 0 bridgehead atoms. The lowest BCUT2D eigenvalue weighted by molar-refractivity contribution is 0.574. The summed E-state index contributed by atoms with van der Waals surface area (Å²) in [5, 5.41) is 2.86. The van der Waals surface area contributed by atoms with Crippen LogP contribution in [0.15, 0.2) is 30.6 Å². The number of nitrogens with one attached hydrogen (secondary N) is 1. The van der Waals surface area contributed by atoms with Crippen LogP contribution in [0.25, 0.3) is 0 Å². The largest absolute Gasteiger partial charge is 0.350 e. The maximum absolute atomic E-state index is 13.3. The summed E-state index contributed by atoms with van der Waals surface area (Å²) >= 11 is 2.09. The number of hydrogen-bond acceptors (Lipinski definition) is 3. The van der Waals surface area contributed by atoms with Crippen molar-refractivity contribution in [3.8, 4) is 0 Å². The van der Waals surface area contributed by atoms with E-state index in [1.165, 1.54) is 12.1 Å². The monoisotopic (exact) mass is 347 g/mol. The Balaban J connectivity index is 2.04. The molecule has 0 amide bonds. The van der Waals surface area contributed by atoms with Crippen molar-refractivity contribution in [3.05, 3.63) is 51.4 Å². The van der Waals surface area contributed by atoms with Crippen molar-refractivity contribution in [1.29, 1.82) is 0 Å². The predicted octanol–water partition coefficient (Wildman–Crippen LogP) is 2.97. The van der Waals surface area contributed by atoms with E-state index in [1.807, 2.05) is 0 Å². The Kier molecular flexibility index (Phi) is 3.82. The summed E-state index contributed by atoms with van der Waals surface area (Å²) in [4.78, 5) is 8.03. The van der Waals surface area contributed by atoms with Crippen molar-refractivity contribution in [2.45, 2.75) is 6.54 Å². The number of rotatable bonds is 3. The highest BCUT2D eigenvalue weighted by molar-refractivity contribution is 14.1. The first-order chi connectivity index (χ1) is 8.15. The quantitative estimate of drug-likeness (QED) is 0.868. The molecule has 2 rings (SSSR count). The third-order valence-electron chi connectivity index (χ3n) is 2.07. The van der Waals surface area contributed by atoms with Crippen molar-refractivity contribution in [2.75, 3.05) is 5.32 Å². The van der Waals surface area contributed by atoms with Crippen LogP contribution in [0.1, 0.15) is 5.56 Å². The second-order valence-electron chi connectivity index (χ2n) is 3.31. The number of nitrogens with zero attached hydrogens (tertiary/aromatic N) is 2. The van der Waals surface area contributed by atoms with Gasteiger partial charge in [-0.2, -0.15) is 0 Å². The Bertz CT molecular complexity index is 517. The van der Waals surface area contributed by atoms with E-state index in [0.29, 0.717) is 11.5 Å². The van der Waals surface area contributed by atoms with Crippen LogP contribution in [-0.2, 0) is 6.54 Å². The molecular formula is C11H8F2IN3. The van der Waals surface area contributed by atoms with Gasteiger partial charge in [0.1, 0.15) is 11.6 Å². The van der Waals surface area contributed by atoms with E-state index in [4.69, 9.17) is 0 Å². The molecular weight excluding hydrogens is 339 g/mol. The molecule has 0 saturated carbocycles. The first kappa shape index (κ1) is 12.2. The molecule has 0 aliphatic carbocycles. The van der Waals surface area contributed by atoms with E-state index in [2.05, 4.69) is 37.9 Å². The minimum absolute atomic E-state index is 0.215. The summed E-state index contributed by atoms with van der Waals surface area (Å²) in [5.74, 6) is -0.756. The van der Waals surface area contributed by atoms with Gasteiger partial charge >= 0.3 is 0 Å². The van der Waals surface area contributed by atoms with Crippen LogP contribution in [0, 0.1) is 15.2 Å². The highest BCUT2D eigenvalue weighted by Crippen LogP contribution is 2.11. The molecule has 0 fully saturated rings. The van der Waals surface area contributed by atoms with E-state index in [9.17, 15) is 8.78 Å². The van der Waals surface area contributed by atoms with Crippen molar-refractivity contribution >= 4 is 28.5 Å². The van der Waals surface area contributed by atoms with Crippen molar-refractivity contribution in [2.24, 2.45) is 0 Å². The number of anilines is 1. The zero-order chi connectivity index (χ0) is 12.3. The molecule has 0 atom stereocenters. The minimum Gasteiger partial charge on any atom is -0.350 e. The van der Waals surface area contributed by atoms with Gasteiger partial charge in [0.05, 0.1) is 0 Å². The Morgan fingerprint density at radius 1 is 1.18 bits per heavy atom. The van der Waals surface area contributed by atoms with Gasteiger partial charge in [-0.3, -0.25) is 0 Å². The van der Waals surface area contributed by atoms with Crippen LogP contribution < -0.4 is 5.32 Å². The molecule has 1 aromatic heterocycles. The topological polar surface area (TPSA) is 37.8 Å². The average molecular weight is 347 g/mol. The first-order valence-electron chi connectivity index (χ1n) is 4.80. The summed E-state index contributed by atoms with van der Waals surface area (Å²) in [6.07, 6.45) is 3.30. The number of benzene rings is 1. The van der Waals surface area contributed by atoms with Gasteiger partial charge in [-0.05, 0) is 28.7 Å². The van der Waals surface area contributed by atoms with Gasteiger partial charge in [-0.25, -0.2) is 18.7 Å². The Morgan fingerprint density at radius 3 is 2.53 bits per heavy atom. The molecule has 2 aromatic rings. The zero-order valence-corrected chi connectivity index (χ0v) is 10.8. The van der Waals surface area contributed by atoms with Crippen molar-refractivity contribution < 1.29 is 8.78 Å². The fraction of sp³-hybridized carbons (Fsp3) is 0.0909. The minimum atomic E-state index is -0.586. The number of aromatic nitrogens is 2. The molecule has 0 unspecified atom stereocenters. The summed E-state index contributed by atoms with van der Waals surface area (Å²) in [5.41, 5.74) is 0.369. The zero-order valence-electron chi connectivity index (χ0n) is 8.62. The van der Waals surface area contributed by atoms with E-state index in [1.54, 1.807) is 12.4 Å². The predicted molar refractivity (Wildman–Crippen MR) is 68.4 cm³/mol. The van der Waals surface area contributed by atoms with Crippen LogP contribution in [0.2, 0.25) is 0 Å². The van der Waals surface area contributed by atoms with E-state index in [-0.39, 0.29) is 6.54 Å². The lowest BCUT2D eigenvalue weighted by atomic mass is 10.2. The first-order valence-corrected chi connectivity index (χ1v) is 5.88. The van der Waals surface area contributed by atoms with Gasteiger partial charge in [-0.1, -0.05) is 6.07 Å². The molecule has 1 heterocycles. The molecule has 88 valence electrons. The van der Waals surface area contributed by atoms with Gasteiger partial charge in [-0.15, -0.1) is 0 Å². The van der Waals surface area contributed by atoms with Crippen molar-refractivity contribution in [3.63, 3.8) is 0 Å². The van der Waals surface area contributed by atoms with Gasteiger partial charge < -0.3 is 5.32 Å². The number of hydrogen-bond donors (Lipinski definition) is 1. The molecule has 0 spiro atoms. The second-order valence-corrected chi connectivity index (χ2v) is 4.56. The number of halogens is 3. The molecule has 1 aromatic carbocycles. The van der Waals surface area contributed by atoms with Crippen LogP contribution in [-0.4, -0.2) is 9.97 Å². The molecule has 0 radical (unpaired) electrons. The van der Waals surface area contributed by atoms with E-state index >= 15 is 0 Å². The molecule has 0 aliphatic heterocycles. The van der Waals surface area contributed by atoms with Gasteiger partial charge in [0.2, 0.25) is 5.95 Å². The molecule has 0 saturated heterocycles. The van der Waals surface area contributed by atoms with Crippen LogP contribution in [0.5, 0.6) is 0 Å². The fourth-order valence-corrected chi connectivity index (χ4v) is 1.52. The molecule has 6 heteroatoms. The summed E-state index contributed by atoms with van der Waals surface area (Å²) < 4.78 is 26.9. The normalized spacial score (nSPS) is 10.3.